The molecule has 0 unspecified atom stereocenters. The van der Waals surface area contributed by atoms with Crippen molar-refractivity contribution in [1.29, 1.82) is 5.41 Å². The lowest BCUT2D eigenvalue weighted by Gasteiger charge is -2.04. The van der Waals surface area contributed by atoms with Gasteiger partial charge in [0.15, 0.2) is 0 Å². The minimum absolute atomic E-state index is 0.361. The molecule has 0 spiro atoms. The van der Waals surface area contributed by atoms with E-state index in [9.17, 15) is 0 Å². The number of rotatable bonds is 3. The van der Waals surface area contributed by atoms with Gasteiger partial charge < -0.3 is 10.1 Å². The third-order valence-electron chi connectivity index (χ3n) is 2.28. The maximum absolute atomic E-state index is 7.34. The maximum Gasteiger partial charge on any atom is 0.128 e. The number of anilines is 1. The first kappa shape index (κ1) is 11.2. The zero-order valence-corrected chi connectivity index (χ0v) is 9.74. The van der Waals surface area contributed by atoms with Crippen LogP contribution in [0.4, 0.5) is 5.82 Å². The predicted octanol–water partition coefficient (Wildman–Crippen LogP) is 2.49. The van der Waals surface area contributed by atoms with Gasteiger partial charge in [0.2, 0.25) is 0 Å². The molecule has 0 aliphatic heterocycles. The van der Waals surface area contributed by atoms with Crippen LogP contribution in [0.1, 0.15) is 6.92 Å². The number of amidine groups is 1. The molecular formula is C12H14N4O. The average molecular weight is 230 g/mol. The summed E-state index contributed by atoms with van der Waals surface area (Å²) in [6.45, 7) is 1.67. The maximum atomic E-state index is 7.34. The minimum atomic E-state index is 0.361. The highest BCUT2D eigenvalue weighted by Crippen LogP contribution is 2.29. The van der Waals surface area contributed by atoms with Crippen LogP contribution in [0.15, 0.2) is 30.3 Å². The first-order valence-electron chi connectivity index (χ1n) is 5.21. The Morgan fingerprint density at radius 2 is 2.18 bits per heavy atom. The van der Waals surface area contributed by atoms with E-state index in [1.54, 1.807) is 14.0 Å². The first-order chi connectivity index (χ1) is 8.20. The van der Waals surface area contributed by atoms with Crippen molar-refractivity contribution in [2.24, 2.45) is 0 Å². The third kappa shape index (κ3) is 2.44. The highest BCUT2D eigenvalue weighted by Gasteiger charge is 2.08. The Morgan fingerprint density at radius 1 is 1.41 bits per heavy atom. The van der Waals surface area contributed by atoms with Crippen LogP contribution in [0.5, 0.6) is 5.75 Å². The van der Waals surface area contributed by atoms with Gasteiger partial charge in [0.05, 0.1) is 18.6 Å². The lowest BCUT2D eigenvalue weighted by Crippen LogP contribution is -2.04. The summed E-state index contributed by atoms with van der Waals surface area (Å²) in [6.07, 6.45) is 0. The van der Waals surface area contributed by atoms with Gasteiger partial charge in [-0.25, -0.2) is 0 Å². The van der Waals surface area contributed by atoms with E-state index in [2.05, 4.69) is 15.5 Å². The Balaban J connectivity index is 2.33. The molecule has 1 aromatic carbocycles. The Hall–Kier alpha value is -2.30. The van der Waals surface area contributed by atoms with Gasteiger partial charge in [-0.3, -0.25) is 10.5 Å². The van der Waals surface area contributed by atoms with E-state index in [1.807, 2.05) is 30.3 Å². The molecule has 5 nitrogen and oxygen atoms in total. The number of aromatic nitrogens is 2. The average Bonchev–Trinajstić information content (AvgIpc) is 2.76. The number of nitrogens with one attached hydrogen (secondary N) is 3. The highest BCUT2D eigenvalue weighted by molar-refractivity contribution is 5.90. The van der Waals surface area contributed by atoms with Crippen molar-refractivity contribution in [3.8, 4) is 17.0 Å². The summed E-state index contributed by atoms with van der Waals surface area (Å²) >= 11 is 0. The van der Waals surface area contributed by atoms with E-state index in [0.717, 1.165) is 17.0 Å². The summed E-state index contributed by atoms with van der Waals surface area (Å²) < 4.78 is 5.27. The molecule has 1 heterocycles. The van der Waals surface area contributed by atoms with Crippen molar-refractivity contribution in [2.45, 2.75) is 6.92 Å². The van der Waals surface area contributed by atoms with Gasteiger partial charge >= 0.3 is 0 Å². The van der Waals surface area contributed by atoms with Gasteiger partial charge in [0.25, 0.3) is 0 Å². The second-order valence-corrected chi connectivity index (χ2v) is 3.62. The lowest BCUT2D eigenvalue weighted by molar-refractivity contribution is 0.416. The first-order valence-corrected chi connectivity index (χ1v) is 5.21. The molecule has 0 saturated carbocycles. The molecule has 0 aliphatic carbocycles. The summed E-state index contributed by atoms with van der Waals surface area (Å²) in [5, 5.41) is 17.2. The second-order valence-electron chi connectivity index (χ2n) is 3.62. The molecule has 0 aliphatic rings. The largest absolute Gasteiger partial charge is 0.496 e. The van der Waals surface area contributed by atoms with Gasteiger partial charge in [-0.2, -0.15) is 5.10 Å². The van der Waals surface area contributed by atoms with E-state index < -0.39 is 0 Å². The summed E-state index contributed by atoms with van der Waals surface area (Å²) in [4.78, 5) is 0. The van der Waals surface area contributed by atoms with Gasteiger partial charge in [-0.1, -0.05) is 12.1 Å². The van der Waals surface area contributed by atoms with E-state index >= 15 is 0 Å². The van der Waals surface area contributed by atoms with Gasteiger partial charge in [-0.05, 0) is 19.1 Å². The number of hydrogen-bond donors (Lipinski definition) is 3. The molecule has 2 rings (SSSR count). The normalized spacial score (nSPS) is 10.0. The topological polar surface area (TPSA) is 73.8 Å². The van der Waals surface area contributed by atoms with Gasteiger partial charge in [0.1, 0.15) is 11.6 Å². The van der Waals surface area contributed by atoms with Crippen LogP contribution in [0.2, 0.25) is 0 Å². The van der Waals surface area contributed by atoms with E-state index in [0.29, 0.717) is 11.7 Å². The summed E-state index contributed by atoms with van der Waals surface area (Å²) in [5.41, 5.74) is 1.70. The molecule has 17 heavy (non-hydrogen) atoms. The highest BCUT2D eigenvalue weighted by atomic mass is 16.5. The minimum Gasteiger partial charge on any atom is -0.496 e. The van der Waals surface area contributed by atoms with Crippen molar-refractivity contribution >= 4 is 11.7 Å². The molecule has 0 radical (unpaired) electrons. The van der Waals surface area contributed by atoms with Crippen LogP contribution in [0.25, 0.3) is 11.3 Å². The van der Waals surface area contributed by atoms with Gasteiger partial charge in [0, 0.05) is 11.6 Å². The zero-order valence-electron chi connectivity index (χ0n) is 9.74. The molecule has 0 amide bonds. The second kappa shape index (κ2) is 4.69. The number of para-hydroxylation sites is 1. The molecule has 0 saturated heterocycles. The molecular weight excluding hydrogens is 216 g/mol. The molecule has 1 aromatic heterocycles. The number of hydrogen-bond acceptors (Lipinski definition) is 3. The van der Waals surface area contributed by atoms with Crippen molar-refractivity contribution in [2.75, 3.05) is 12.4 Å². The zero-order chi connectivity index (χ0) is 12.3. The fraction of sp³-hybridized carbons (Fsp3) is 0.167. The molecule has 2 aromatic rings. The standard InChI is InChI=1S/C12H14N4O/c1-8(13)14-12-7-10(15-16-12)9-5-3-4-6-11(9)17-2/h3-7H,1-2H3,(H3,13,14,15,16). The van der Waals surface area contributed by atoms with Crippen molar-refractivity contribution in [1.82, 2.24) is 10.2 Å². The Kier molecular flexibility index (Phi) is 3.09. The van der Waals surface area contributed by atoms with Crippen LogP contribution < -0.4 is 10.1 Å². The van der Waals surface area contributed by atoms with Crippen molar-refractivity contribution in [3.05, 3.63) is 30.3 Å². The van der Waals surface area contributed by atoms with Crippen molar-refractivity contribution in [3.63, 3.8) is 0 Å². The van der Waals surface area contributed by atoms with Gasteiger partial charge in [-0.15, -0.1) is 0 Å². The number of benzene rings is 1. The fourth-order valence-electron chi connectivity index (χ4n) is 1.58. The van der Waals surface area contributed by atoms with Crippen LogP contribution in [0, 0.1) is 5.41 Å². The summed E-state index contributed by atoms with van der Waals surface area (Å²) in [6, 6.07) is 9.52. The molecule has 88 valence electrons. The molecule has 0 bridgehead atoms. The number of methoxy groups -OCH3 is 1. The van der Waals surface area contributed by atoms with Crippen LogP contribution >= 0.6 is 0 Å². The van der Waals surface area contributed by atoms with Crippen LogP contribution in [-0.4, -0.2) is 23.1 Å². The third-order valence-corrected chi connectivity index (χ3v) is 2.28. The number of H-pyrrole nitrogens is 1. The quantitative estimate of drug-likeness (QED) is 0.560. The lowest BCUT2D eigenvalue weighted by atomic mass is 10.1. The Labute approximate surface area is 99.3 Å². The summed E-state index contributed by atoms with van der Waals surface area (Å²) in [7, 11) is 1.63. The molecule has 5 heteroatoms. The Morgan fingerprint density at radius 3 is 2.88 bits per heavy atom. The van der Waals surface area contributed by atoms with E-state index in [1.165, 1.54) is 0 Å². The predicted molar refractivity (Wildman–Crippen MR) is 67.6 cm³/mol. The van der Waals surface area contributed by atoms with Crippen LogP contribution in [-0.2, 0) is 0 Å². The molecule has 0 fully saturated rings. The SMILES string of the molecule is COc1ccccc1-c1cc(NC(C)=N)[nH]n1. The smallest absolute Gasteiger partial charge is 0.128 e. The van der Waals surface area contributed by atoms with Crippen molar-refractivity contribution < 1.29 is 4.74 Å². The van der Waals surface area contributed by atoms with Crippen LogP contribution in [0.3, 0.4) is 0 Å². The monoisotopic (exact) mass is 230 g/mol. The number of ether oxygens (including phenoxy) is 1. The molecule has 0 atom stereocenters. The number of aromatic amines is 1. The summed E-state index contributed by atoms with van der Waals surface area (Å²) in [5.74, 6) is 1.83. The fourth-order valence-corrected chi connectivity index (χ4v) is 1.58. The number of nitrogens with zero attached hydrogens (tertiary/aromatic N) is 1. The van der Waals surface area contributed by atoms with E-state index in [4.69, 9.17) is 10.1 Å². The molecule has 3 N–H and O–H groups in total. The van der Waals surface area contributed by atoms with E-state index in [-0.39, 0.29) is 0 Å². The Bertz CT molecular complexity index is 533.